The van der Waals surface area contributed by atoms with Crippen LogP contribution < -0.4 is 4.74 Å². The molecule has 2 N–H and O–H groups in total. The summed E-state index contributed by atoms with van der Waals surface area (Å²) in [5, 5.41) is 9.81. The predicted molar refractivity (Wildman–Crippen MR) is 59.8 cm³/mol. The number of hydrogen-bond donors (Lipinski definition) is 2. The second kappa shape index (κ2) is 3.86. The van der Waals surface area contributed by atoms with E-state index in [4.69, 9.17) is 9.29 Å². The van der Waals surface area contributed by atoms with Crippen LogP contribution in [0.2, 0.25) is 0 Å². The Kier molecular flexibility index (Phi) is 2.64. The molecule has 0 aliphatic heterocycles. The maximum Gasteiger partial charge on any atom is 0.296 e. The monoisotopic (exact) mass is 255 g/mol. The van der Waals surface area contributed by atoms with Crippen LogP contribution in [0.4, 0.5) is 0 Å². The van der Waals surface area contributed by atoms with E-state index in [-0.39, 0.29) is 21.9 Å². The van der Waals surface area contributed by atoms with Crippen LogP contribution in [0.25, 0.3) is 10.9 Å². The predicted octanol–water partition coefficient (Wildman–Crippen LogP) is 1.20. The lowest BCUT2D eigenvalue weighted by molar-refractivity contribution is 0.376. The summed E-state index contributed by atoms with van der Waals surface area (Å²) in [7, 11) is -3.03. The summed E-state index contributed by atoms with van der Waals surface area (Å²) in [6.07, 6.45) is 1.07. The van der Waals surface area contributed by atoms with Gasteiger partial charge in [-0.15, -0.1) is 0 Å². The number of pyridine rings is 1. The molecule has 0 aliphatic carbocycles. The first-order chi connectivity index (χ1) is 7.95. The van der Waals surface area contributed by atoms with Gasteiger partial charge in [0, 0.05) is 5.39 Å². The Morgan fingerprint density at radius 3 is 2.65 bits per heavy atom. The van der Waals surface area contributed by atoms with Crippen LogP contribution in [-0.4, -0.2) is 30.2 Å². The average molecular weight is 255 g/mol. The lowest BCUT2D eigenvalue weighted by atomic mass is 10.2. The number of para-hydroxylation sites is 1. The van der Waals surface area contributed by atoms with Crippen molar-refractivity contribution < 1.29 is 22.8 Å². The molecule has 0 radical (unpaired) electrons. The first kappa shape index (κ1) is 11.6. The lowest BCUT2D eigenvalue weighted by Gasteiger charge is -2.08. The first-order valence-electron chi connectivity index (χ1n) is 4.57. The van der Waals surface area contributed by atoms with Crippen LogP contribution in [0, 0.1) is 0 Å². The zero-order chi connectivity index (χ0) is 12.6. The second-order valence-corrected chi connectivity index (χ2v) is 4.69. The van der Waals surface area contributed by atoms with Gasteiger partial charge in [0.25, 0.3) is 10.1 Å². The Morgan fingerprint density at radius 2 is 2.06 bits per heavy atom. The fraction of sp³-hybridized carbons (Fsp3) is 0.100. The summed E-state index contributed by atoms with van der Waals surface area (Å²) >= 11 is 0. The van der Waals surface area contributed by atoms with E-state index in [1.165, 1.54) is 25.3 Å². The van der Waals surface area contributed by atoms with E-state index >= 15 is 0 Å². The van der Waals surface area contributed by atoms with Gasteiger partial charge >= 0.3 is 0 Å². The van der Waals surface area contributed by atoms with E-state index in [9.17, 15) is 13.5 Å². The minimum Gasteiger partial charge on any atom is -0.503 e. The molecule has 0 amide bonds. The largest absolute Gasteiger partial charge is 0.503 e. The normalized spacial score (nSPS) is 11.6. The van der Waals surface area contributed by atoms with Crippen molar-refractivity contribution in [3.8, 4) is 11.5 Å². The highest BCUT2D eigenvalue weighted by atomic mass is 32.2. The van der Waals surface area contributed by atoms with E-state index in [0.29, 0.717) is 5.39 Å². The number of fused-ring (bicyclic) bond motifs is 1. The summed E-state index contributed by atoms with van der Waals surface area (Å²) < 4.78 is 36.3. The lowest BCUT2D eigenvalue weighted by Crippen LogP contribution is -2.00. The van der Waals surface area contributed by atoms with Gasteiger partial charge in [-0.25, -0.2) is 0 Å². The fourth-order valence-corrected chi connectivity index (χ4v) is 2.24. The highest BCUT2D eigenvalue weighted by Crippen LogP contribution is 2.35. The van der Waals surface area contributed by atoms with Crippen LogP contribution in [0.15, 0.2) is 29.3 Å². The van der Waals surface area contributed by atoms with Crippen molar-refractivity contribution in [3.05, 3.63) is 24.4 Å². The first-order valence-corrected chi connectivity index (χ1v) is 6.01. The van der Waals surface area contributed by atoms with Gasteiger partial charge in [0.15, 0.2) is 11.5 Å². The van der Waals surface area contributed by atoms with Gasteiger partial charge in [0.2, 0.25) is 0 Å². The third kappa shape index (κ3) is 1.90. The number of benzene rings is 1. The summed E-state index contributed by atoms with van der Waals surface area (Å²) in [6, 6.07) is 4.19. The summed E-state index contributed by atoms with van der Waals surface area (Å²) in [4.78, 5) is 3.46. The Labute approximate surface area is 97.2 Å². The second-order valence-electron chi connectivity index (χ2n) is 3.30. The van der Waals surface area contributed by atoms with Crippen molar-refractivity contribution in [1.82, 2.24) is 4.98 Å². The fourth-order valence-electron chi connectivity index (χ4n) is 1.58. The third-order valence-electron chi connectivity index (χ3n) is 2.27. The molecule has 0 unspecified atom stereocenters. The summed E-state index contributed by atoms with van der Waals surface area (Å²) in [5.41, 5.74) is 0.0460. The van der Waals surface area contributed by atoms with Crippen molar-refractivity contribution in [2.24, 2.45) is 0 Å². The van der Waals surface area contributed by atoms with Gasteiger partial charge in [-0.05, 0) is 12.1 Å². The van der Waals surface area contributed by atoms with E-state index in [0.717, 1.165) is 6.20 Å². The molecule has 2 aromatic rings. The quantitative estimate of drug-likeness (QED) is 0.782. The number of nitrogens with zero attached hydrogens (tertiary/aromatic N) is 1. The molecule has 0 fully saturated rings. The zero-order valence-corrected chi connectivity index (χ0v) is 9.60. The van der Waals surface area contributed by atoms with Gasteiger partial charge in [0.1, 0.15) is 4.90 Å². The van der Waals surface area contributed by atoms with Crippen LogP contribution in [0.5, 0.6) is 11.5 Å². The van der Waals surface area contributed by atoms with Crippen molar-refractivity contribution in [2.75, 3.05) is 7.11 Å². The molecule has 0 aliphatic rings. The Bertz CT molecular complexity index is 680. The molecular weight excluding hydrogens is 246 g/mol. The maximum atomic E-state index is 11.1. The van der Waals surface area contributed by atoms with Gasteiger partial charge in [0.05, 0.1) is 18.8 Å². The molecule has 1 aromatic heterocycles. The van der Waals surface area contributed by atoms with Crippen molar-refractivity contribution in [1.29, 1.82) is 0 Å². The number of hydrogen-bond acceptors (Lipinski definition) is 5. The standard InChI is InChI=1S/C10H9NO5S/c1-16-10-6-3-2-4-8(17(13,14)15)9(6)11-5-7(10)12/h2-5,12H,1H3,(H,13,14,15). The maximum absolute atomic E-state index is 11.1. The molecule has 2 rings (SSSR count). The minimum atomic E-state index is -4.37. The molecule has 0 saturated heterocycles. The molecule has 0 bridgehead atoms. The SMILES string of the molecule is COc1c(O)cnc2c(S(=O)(=O)O)cccc12. The molecule has 0 saturated carbocycles. The molecule has 6 nitrogen and oxygen atoms in total. The molecule has 1 heterocycles. The molecule has 0 spiro atoms. The average Bonchev–Trinajstić information content (AvgIpc) is 2.26. The number of aromatic hydroxyl groups is 1. The van der Waals surface area contributed by atoms with Crippen molar-refractivity contribution >= 4 is 21.0 Å². The third-order valence-corrected chi connectivity index (χ3v) is 3.16. The van der Waals surface area contributed by atoms with Crippen LogP contribution in [0.1, 0.15) is 0 Å². The number of methoxy groups -OCH3 is 1. The van der Waals surface area contributed by atoms with E-state index in [1.54, 1.807) is 0 Å². The van der Waals surface area contributed by atoms with Gasteiger partial charge < -0.3 is 9.84 Å². The molecule has 90 valence electrons. The molecule has 0 atom stereocenters. The van der Waals surface area contributed by atoms with Crippen LogP contribution >= 0.6 is 0 Å². The molecular formula is C10H9NO5S. The number of rotatable bonds is 2. The van der Waals surface area contributed by atoms with Crippen molar-refractivity contribution in [2.45, 2.75) is 4.90 Å². The number of aromatic nitrogens is 1. The Morgan fingerprint density at radius 1 is 1.35 bits per heavy atom. The number of ether oxygens (including phenoxy) is 1. The molecule has 17 heavy (non-hydrogen) atoms. The van der Waals surface area contributed by atoms with Crippen LogP contribution in [0.3, 0.4) is 0 Å². The van der Waals surface area contributed by atoms with Crippen LogP contribution in [-0.2, 0) is 10.1 Å². The Hall–Kier alpha value is -1.86. The van der Waals surface area contributed by atoms with E-state index < -0.39 is 10.1 Å². The highest BCUT2D eigenvalue weighted by Gasteiger charge is 2.18. The van der Waals surface area contributed by atoms with E-state index in [1.807, 2.05) is 0 Å². The smallest absolute Gasteiger partial charge is 0.296 e. The minimum absolute atomic E-state index is 0.0460. The Balaban J connectivity index is 2.94. The molecule has 7 heteroatoms. The molecule has 1 aromatic carbocycles. The highest BCUT2D eigenvalue weighted by molar-refractivity contribution is 7.86. The van der Waals surface area contributed by atoms with Crippen molar-refractivity contribution in [3.63, 3.8) is 0 Å². The van der Waals surface area contributed by atoms with Gasteiger partial charge in [-0.1, -0.05) is 6.07 Å². The van der Waals surface area contributed by atoms with Gasteiger partial charge in [-0.3, -0.25) is 9.54 Å². The van der Waals surface area contributed by atoms with Gasteiger partial charge in [-0.2, -0.15) is 8.42 Å². The van der Waals surface area contributed by atoms with E-state index in [2.05, 4.69) is 4.98 Å². The summed E-state index contributed by atoms with van der Waals surface area (Å²) in [5.74, 6) is -0.0898. The summed E-state index contributed by atoms with van der Waals surface area (Å²) in [6.45, 7) is 0. The zero-order valence-electron chi connectivity index (χ0n) is 8.78. The topological polar surface area (TPSA) is 96.7 Å².